The van der Waals surface area contributed by atoms with E-state index >= 15 is 0 Å². The number of nitrogens with zero attached hydrogens (tertiary/aromatic N) is 2. The van der Waals surface area contributed by atoms with Crippen LogP contribution >= 0.6 is 0 Å². The predicted octanol–water partition coefficient (Wildman–Crippen LogP) is 1.54. The van der Waals surface area contributed by atoms with Gasteiger partial charge < -0.3 is 15.3 Å². The highest BCUT2D eigenvalue weighted by Crippen LogP contribution is 2.14. The van der Waals surface area contributed by atoms with Crippen LogP contribution in [0.4, 0.5) is 0 Å². The highest BCUT2D eigenvalue weighted by molar-refractivity contribution is 4.82. The van der Waals surface area contributed by atoms with Gasteiger partial charge in [-0.2, -0.15) is 0 Å². The zero-order valence-electron chi connectivity index (χ0n) is 14.0. The van der Waals surface area contributed by atoms with E-state index in [1.165, 1.54) is 45.6 Å². The molecule has 0 bridgehead atoms. The summed E-state index contributed by atoms with van der Waals surface area (Å²) in [6.45, 7) is 16.0. The Hall–Kier alpha value is -0.160. The van der Waals surface area contributed by atoms with Gasteiger partial charge >= 0.3 is 0 Å². The van der Waals surface area contributed by atoms with E-state index in [0.29, 0.717) is 6.04 Å². The van der Waals surface area contributed by atoms with Crippen LogP contribution in [0.3, 0.4) is 0 Å². The van der Waals surface area contributed by atoms with Crippen LogP contribution in [0.2, 0.25) is 0 Å². The SMILES string of the molecule is CCNC(C)(CO)CCCCN1CCN(C(C)C)CC1. The van der Waals surface area contributed by atoms with Gasteiger partial charge in [0.1, 0.15) is 0 Å². The second-order valence-corrected chi connectivity index (χ2v) is 6.68. The Morgan fingerprint density at radius 1 is 1.15 bits per heavy atom. The third kappa shape index (κ3) is 6.08. The molecule has 1 atom stereocenters. The molecule has 4 nitrogen and oxygen atoms in total. The summed E-state index contributed by atoms with van der Waals surface area (Å²) in [4.78, 5) is 5.15. The number of rotatable bonds is 9. The van der Waals surface area contributed by atoms with Gasteiger partial charge in [0, 0.05) is 37.8 Å². The number of nitrogens with one attached hydrogen (secondary N) is 1. The van der Waals surface area contributed by atoms with Crippen LogP contribution < -0.4 is 5.32 Å². The van der Waals surface area contributed by atoms with Gasteiger partial charge in [0.15, 0.2) is 0 Å². The fourth-order valence-electron chi connectivity index (χ4n) is 3.00. The van der Waals surface area contributed by atoms with Crippen molar-refractivity contribution in [3.05, 3.63) is 0 Å². The Morgan fingerprint density at radius 2 is 1.80 bits per heavy atom. The van der Waals surface area contributed by atoms with Gasteiger partial charge in [-0.25, -0.2) is 0 Å². The molecule has 1 heterocycles. The largest absolute Gasteiger partial charge is 0.394 e. The summed E-state index contributed by atoms with van der Waals surface area (Å²) in [7, 11) is 0. The molecule has 120 valence electrons. The number of unbranched alkanes of at least 4 members (excludes halogenated alkanes) is 1. The lowest BCUT2D eigenvalue weighted by molar-refractivity contribution is 0.105. The van der Waals surface area contributed by atoms with E-state index in [0.717, 1.165) is 13.0 Å². The molecule has 20 heavy (non-hydrogen) atoms. The second-order valence-electron chi connectivity index (χ2n) is 6.68. The summed E-state index contributed by atoms with van der Waals surface area (Å²) in [5.41, 5.74) is -0.0922. The Kier molecular flexibility index (Phi) is 8.03. The molecule has 0 aromatic rings. The van der Waals surface area contributed by atoms with E-state index in [-0.39, 0.29) is 12.1 Å². The topological polar surface area (TPSA) is 38.7 Å². The molecule has 0 spiro atoms. The first kappa shape index (κ1) is 17.9. The van der Waals surface area contributed by atoms with Crippen molar-refractivity contribution in [1.29, 1.82) is 0 Å². The molecule has 0 aromatic carbocycles. The van der Waals surface area contributed by atoms with Gasteiger partial charge in [-0.3, -0.25) is 4.90 Å². The van der Waals surface area contributed by atoms with Crippen molar-refractivity contribution in [3.8, 4) is 0 Å². The highest BCUT2D eigenvalue weighted by Gasteiger charge is 2.22. The Morgan fingerprint density at radius 3 is 2.30 bits per heavy atom. The Bertz CT molecular complexity index is 252. The molecule has 0 aromatic heterocycles. The Labute approximate surface area is 125 Å². The third-order valence-corrected chi connectivity index (χ3v) is 4.54. The van der Waals surface area contributed by atoms with E-state index in [1.807, 2.05) is 0 Å². The summed E-state index contributed by atoms with van der Waals surface area (Å²) in [6.07, 6.45) is 3.49. The van der Waals surface area contributed by atoms with Gasteiger partial charge in [0.05, 0.1) is 6.61 Å². The molecule has 0 radical (unpaired) electrons. The molecule has 0 amide bonds. The van der Waals surface area contributed by atoms with E-state index in [2.05, 4.69) is 42.8 Å². The first-order chi connectivity index (χ1) is 9.50. The Balaban J connectivity index is 2.13. The van der Waals surface area contributed by atoms with Crippen molar-refractivity contribution in [2.45, 2.75) is 58.5 Å². The molecular formula is C16H35N3O. The molecule has 1 rings (SSSR count). The maximum absolute atomic E-state index is 9.47. The van der Waals surface area contributed by atoms with Crippen LogP contribution in [0.1, 0.15) is 47.0 Å². The van der Waals surface area contributed by atoms with Crippen LogP contribution in [0.5, 0.6) is 0 Å². The van der Waals surface area contributed by atoms with Crippen molar-refractivity contribution in [3.63, 3.8) is 0 Å². The van der Waals surface area contributed by atoms with Crippen LogP contribution in [-0.2, 0) is 0 Å². The first-order valence-electron chi connectivity index (χ1n) is 8.33. The average Bonchev–Trinajstić information content (AvgIpc) is 2.44. The van der Waals surface area contributed by atoms with Crippen molar-refractivity contribution < 1.29 is 5.11 Å². The van der Waals surface area contributed by atoms with Crippen LogP contribution in [0.25, 0.3) is 0 Å². The molecule has 2 N–H and O–H groups in total. The minimum atomic E-state index is -0.0922. The number of hydrogen-bond acceptors (Lipinski definition) is 4. The molecule has 1 fully saturated rings. The standard InChI is InChI=1S/C16H35N3O/c1-5-17-16(4,14-20)8-6-7-9-18-10-12-19(13-11-18)15(2)3/h15,17,20H,5-14H2,1-4H3. The molecule has 0 saturated carbocycles. The third-order valence-electron chi connectivity index (χ3n) is 4.54. The highest BCUT2D eigenvalue weighted by atomic mass is 16.3. The summed E-state index contributed by atoms with van der Waals surface area (Å²) in [5, 5.41) is 12.9. The molecule has 1 saturated heterocycles. The summed E-state index contributed by atoms with van der Waals surface area (Å²) in [6, 6.07) is 0.683. The molecule has 0 aliphatic carbocycles. The van der Waals surface area contributed by atoms with Crippen molar-refractivity contribution >= 4 is 0 Å². The fourth-order valence-corrected chi connectivity index (χ4v) is 3.00. The van der Waals surface area contributed by atoms with Crippen LogP contribution in [-0.4, -0.2) is 72.4 Å². The number of aliphatic hydroxyl groups is 1. The number of likely N-dealkylation sites (N-methyl/N-ethyl adjacent to an activating group) is 1. The smallest absolute Gasteiger partial charge is 0.0610 e. The monoisotopic (exact) mass is 285 g/mol. The second kappa shape index (κ2) is 8.98. The maximum atomic E-state index is 9.47. The minimum Gasteiger partial charge on any atom is -0.394 e. The normalized spacial score (nSPS) is 21.3. The number of piperazine rings is 1. The van der Waals surface area contributed by atoms with Gasteiger partial charge in [0.2, 0.25) is 0 Å². The summed E-state index contributed by atoms with van der Waals surface area (Å²) >= 11 is 0. The molecule has 1 aliphatic rings. The maximum Gasteiger partial charge on any atom is 0.0610 e. The number of hydrogen-bond donors (Lipinski definition) is 2. The first-order valence-corrected chi connectivity index (χ1v) is 8.33. The van der Waals surface area contributed by atoms with E-state index in [1.54, 1.807) is 0 Å². The van der Waals surface area contributed by atoms with Gasteiger partial charge in [-0.15, -0.1) is 0 Å². The quantitative estimate of drug-likeness (QED) is 0.630. The lowest BCUT2D eigenvalue weighted by Crippen LogP contribution is -2.49. The predicted molar refractivity (Wildman–Crippen MR) is 86.2 cm³/mol. The van der Waals surface area contributed by atoms with Gasteiger partial charge in [-0.05, 0) is 46.7 Å². The van der Waals surface area contributed by atoms with Gasteiger partial charge in [0.25, 0.3) is 0 Å². The fraction of sp³-hybridized carbons (Fsp3) is 1.00. The molecular weight excluding hydrogens is 250 g/mol. The minimum absolute atomic E-state index is 0.0922. The van der Waals surface area contributed by atoms with E-state index in [9.17, 15) is 5.11 Å². The number of aliphatic hydroxyl groups excluding tert-OH is 1. The lowest BCUT2D eigenvalue weighted by Gasteiger charge is -2.37. The zero-order valence-corrected chi connectivity index (χ0v) is 14.0. The molecule has 1 unspecified atom stereocenters. The molecule has 1 aliphatic heterocycles. The average molecular weight is 285 g/mol. The van der Waals surface area contributed by atoms with Crippen molar-refractivity contribution in [2.75, 3.05) is 45.9 Å². The zero-order chi connectivity index (χ0) is 15.0. The molecule has 4 heteroatoms. The van der Waals surface area contributed by atoms with Crippen molar-refractivity contribution in [2.24, 2.45) is 0 Å². The van der Waals surface area contributed by atoms with Crippen molar-refractivity contribution in [1.82, 2.24) is 15.1 Å². The lowest BCUT2D eigenvalue weighted by atomic mass is 9.95. The van der Waals surface area contributed by atoms with Crippen LogP contribution in [0, 0.1) is 0 Å². The summed E-state index contributed by atoms with van der Waals surface area (Å²) < 4.78 is 0. The summed E-state index contributed by atoms with van der Waals surface area (Å²) in [5.74, 6) is 0. The van der Waals surface area contributed by atoms with Crippen LogP contribution in [0.15, 0.2) is 0 Å². The van der Waals surface area contributed by atoms with E-state index in [4.69, 9.17) is 0 Å². The van der Waals surface area contributed by atoms with E-state index < -0.39 is 0 Å². The van der Waals surface area contributed by atoms with Gasteiger partial charge in [-0.1, -0.05) is 13.3 Å².